The van der Waals surface area contributed by atoms with Crippen LogP contribution >= 0.6 is 0 Å². The Kier molecular flexibility index (Phi) is 8.64. The highest BCUT2D eigenvalue weighted by atomic mass is 35.5. The smallest absolute Gasteiger partial charge is 0.337 e. The summed E-state index contributed by atoms with van der Waals surface area (Å²) in [5, 5.41) is 0. The number of quaternary nitrogens is 1. The van der Waals surface area contributed by atoms with Gasteiger partial charge in [-0.3, -0.25) is 4.48 Å². The lowest BCUT2D eigenvalue weighted by Gasteiger charge is -2.50. The van der Waals surface area contributed by atoms with Crippen molar-refractivity contribution in [1.29, 1.82) is 0 Å². The zero-order valence-corrected chi connectivity index (χ0v) is 14.3. The van der Waals surface area contributed by atoms with E-state index in [1.807, 2.05) is 6.92 Å². The highest BCUT2D eigenvalue weighted by Crippen LogP contribution is 2.34. The third-order valence-electron chi connectivity index (χ3n) is 4.73. The van der Waals surface area contributed by atoms with Gasteiger partial charge in [0, 0.05) is 12.5 Å². The number of ether oxygens (including phenoxy) is 1. The molecule has 0 aromatic carbocycles. The molecule has 4 heteroatoms. The van der Waals surface area contributed by atoms with Gasteiger partial charge in [0.15, 0.2) is 0 Å². The molecule has 0 bridgehead atoms. The average Bonchev–Trinajstić information content (AvgIpc) is 2.31. The van der Waals surface area contributed by atoms with Crippen LogP contribution in [0.5, 0.6) is 0 Å². The lowest BCUT2D eigenvalue weighted by Crippen LogP contribution is -3.00. The predicted octanol–water partition coefficient (Wildman–Crippen LogP) is 0.501. The first-order chi connectivity index (χ1) is 8.18. The molecular weight excluding hydrogens is 262 g/mol. The van der Waals surface area contributed by atoms with Crippen molar-refractivity contribution in [2.45, 2.75) is 65.6 Å². The second kappa shape index (κ2) is 7.91. The first-order valence-electron chi connectivity index (χ1n) is 6.88. The fraction of sp³-hybridized carbons (Fsp3) is 0.800. The topological polar surface area (TPSA) is 26.3 Å². The zero-order valence-electron chi connectivity index (χ0n) is 13.5. The SMILES string of the molecule is C=C(C)C(=O)OC(C)[N+](C)(C)C(CC)(CC)CC.[Cl-]. The summed E-state index contributed by atoms with van der Waals surface area (Å²) in [7, 11) is 4.29. The van der Waals surface area contributed by atoms with Crippen molar-refractivity contribution in [3.63, 3.8) is 0 Å². The summed E-state index contributed by atoms with van der Waals surface area (Å²) in [4.78, 5) is 11.7. The van der Waals surface area contributed by atoms with Crippen molar-refractivity contribution in [1.82, 2.24) is 0 Å². The standard InChI is InChI=1S/C15H30NO2.ClH/c1-9-15(10-2,11-3)16(7,8)13(6)18-14(17)12(4)5;/h13H,4,9-11H2,1-3,5-8H3;1H/q+1;/p-1. The number of halogens is 1. The molecule has 114 valence electrons. The van der Waals surface area contributed by atoms with Crippen molar-refractivity contribution in [3.05, 3.63) is 12.2 Å². The number of carbonyl (C=O) groups is 1. The molecule has 0 amide bonds. The lowest BCUT2D eigenvalue weighted by molar-refractivity contribution is -0.980. The van der Waals surface area contributed by atoms with E-state index in [1.165, 1.54) is 0 Å². The van der Waals surface area contributed by atoms with Gasteiger partial charge >= 0.3 is 5.97 Å². The van der Waals surface area contributed by atoms with Crippen molar-refractivity contribution >= 4 is 5.97 Å². The number of rotatable bonds is 7. The first-order valence-corrected chi connectivity index (χ1v) is 6.88. The fourth-order valence-electron chi connectivity index (χ4n) is 2.75. The summed E-state index contributed by atoms with van der Waals surface area (Å²) in [6.45, 7) is 13.9. The molecule has 0 aromatic rings. The highest BCUT2D eigenvalue weighted by Gasteiger charge is 2.45. The normalized spacial score (nSPS) is 13.4. The molecular formula is C15H30ClNO2. The summed E-state index contributed by atoms with van der Waals surface area (Å²) >= 11 is 0. The Hall–Kier alpha value is -0.540. The highest BCUT2D eigenvalue weighted by molar-refractivity contribution is 5.86. The molecule has 0 aliphatic carbocycles. The van der Waals surface area contributed by atoms with Gasteiger partial charge in [-0.15, -0.1) is 0 Å². The molecule has 0 aromatic heterocycles. The predicted molar refractivity (Wildman–Crippen MR) is 76.1 cm³/mol. The quantitative estimate of drug-likeness (QED) is 0.296. The Morgan fingerprint density at radius 3 is 1.84 bits per heavy atom. The van der Waals surface area contributed by atoms with Crippen molar-refractivity contribution < 1.29 is 26.4 Å². The minimum absolute atomic E-state index is 0. The van der Waals surface area contributed by atoms with E-state index in [1.54, 1.807) is 6.92 Å². The van der Waals surface area contributed by atoms with Gasteiger partial charge in [-0.2, -0.15) is 0 Å². The number of hydrogen-bond donors (Lipinski definition) is 0. The van der Waals surface area contributed by atoms with Crippen LogP contribution in [0.3, 0.4) is 0 Å². The molecule has 0 aliphatic rings. The van der Waals surface area contributed by atoms with Crippen LogP contribution in [0.1, 0.15) is 53.9 Å². The van der Waals surface area contributed by atoms with Gasteiger partial charge in [-0.1, -0.05) is 27.4 Å². The van der Waals surface area contributed by atoms with E-state index >= 15 is 0 Å². The molecule has 0 fully saturated rings. The molecule has 1 unspecified atom stereocenters. The molecule has 3 nitrogen and oxygen atoms in total. The summed E-state index contributed by atoms with van der Waals surface area (Å²) in [6.07, 6.45) is 3.04. The van der Waals surface area contributed by atoms with Crippen LogP contribution in [0, 0.1) is 0 Å². The molecule has 0 N–H and O–H groups in total. The third-order valence-corrected chi connectivity index (χ3v) is 4.73. The molecule has 1 atom stereocenters. The molecule has 0 saturated carbocycles. The van der Waals surface area contributed by atoms with Gasteiger partial charge in [-0.25, -0.2) is 4.79 Å². The Morgan fingerprint density at radius 2 is 1.58 bits per heavy atom. The van der Waals surface area contributed by atoms with E-state index in [0.29, 0.717) is 10.1 Å². The Morgan fingerprint density at radius 1 is 1.21 bits per heavy atom. The second-order valence-electron chi connectivity index (χ2n) is 5.61. The number of carbonyl (C=O) groups excluding carboxylic acids is 1. The zero-order chi connectivity index (χ0) is 14.6. The van der Waals surface area contributed by atoms with E-state index < -0.39 is 0 Å². The summed E-state index contributed by atoms with van der Waals surface area (Å²) in [6, 6.07) is 0. The van der Waals surface area contributed by atoms with Crippen molar-refractivity contribution in [3.8, 4) is 0 Å². The monoisotopic (exact) mass is 291 g/mol. The average molecular weight is 292 g/mol. The van der Waals surface area contributed by atoms with Gasteiger partial charge in [0.05, 0.1) is 14.1 Å². The number of hydrogen-bond acceptors (Lipinski definition) is 2. The maximum atomic E-state index is 11.7. The van der Waals surface area contributed by atoms with Crippen molar-refractivity contribution in [2.75, 3.05) is 14.1 Å². The Balaban J connectivity index is 0. The van der Waals surface area contributed by atoms with Crippen LogP contribution in [0.15, 0.2) is 12.2 Å². The van der Waals surface area contributed by atoms with E-state index in [0.717, 1.165) is 19.3 Å². The molecule has 0 rings (SSSR count). The summed E-state index contributed by atoms with van der Waals surface area (Å²) in [5.41, 5.74) is 0.603. The summed E-state index contributed by atoms with van der Waals surface area (Å²) < 4.78 is 6.21. The van der Waals surface area contributed by atoms with Crippen LogP contribution < -0.4 is 12.4 Å². The molecule has 0 aliphatic heterocycles. The molecule has 0 radical (unpaired) electrons. The van der Waals surface area contributed by atoms with E-state index in [9.17, 15) is 4.79 Å². The maximum absolute atomic E-state index is 11.7. The third kappa shape index (κ3) is 4.22. The van der Waals surface area contributed by atoms with E-state index in [2.05, 4.69) is 41.4 Å². The van der Waals surface area contributed by atoms with Crippen LogP contribution in [-0.2, 0) is 9.53 Å². The van der Waals surface area contributed by atoms with Crippen LogP contribution in [-0.4, -0.2) is 36.3 Å². The molecule has 0 heterocycles. The minimum Gasteiger partial charge on any atom is -1.00 e. The lowest BCUT2D eigenvalue weighted by atomic mass is 9.85. The number of esters is 1. The second-order valence-corrected chi connectivity index (χ2v) is 5.61. The Bertz CT molecular complexity index is 301. The summed E-state index contributed by atoms with van der Waals surface area (Å²) in [5.74, 6) is -0.300. The fourth-order valence-corrected chi connectivity index (χ4v) is 2.75. The number of nitrogens with zero attached hydrogens (tertiary/aromatic N) is 1. The van der Waals surface area contributed by atoms with Gasteiger partial charge in [0.2, 0.25) is 6.23 Å². The van der Waals surface area contributed by atoms with E-state index in [-0.39, 0.29) is 30.1 Å². The van der Waals surface area contributed by atoms with Crippen LogP contribution in [0.25, 0.3) is 0 Å². The first kappa shape index (κ1) is 20.8. The van der Waals surface area contributed by atoms with Gasteiger partial charge < -0.3 is 17.1 Å². The van der Waals surface area contributed by atoms with Crippen LogP contribution in [0.4, 0.5) is 0 Å². The Labute approximate surface area is 125 Å². The van der Waals surface area contributed by atoms with Crippen molar-refractivity contribution in [2.24, 2.45) is 0 Å². The van der Waals surface area contributed by atoms with Crippen LogP contribution in [0.2, 0.25) is 0 Å². The van der Waals surface area contributed by atoms with Gasteiger partial charge in [0.25, 0.3) is 0 Å². The van der Waals surface area contributed by atoms with E-state index in [4.69, 9.17) is 4.74 Å². The molecule has 0 spiro atoms. The molecule has 19 heavy (non-hydrogen) atoms. The van der Waals surface area contributed by atoms with Gasteiger partial charge in [0.1, 0.15) is 5.54 Å². The molecule has 0 saturated heterocycles. The van der Waals surface area contributed by atoms with Gasteiger partial charge in [-0.05, 0) is 26.2 Å². The largest absolute Gasteiger partial charge is 1.00 e. The maximum Gasteiger partial charge on any atom is 0.337 e. The minimum atomic E-state index is -0.300.